The van der Waals surface area contributed by atoms with Gasteiger partial charge in [0.25, 0.3) is 0 Å². The fourth-order valence-electron chi connectivity index (χ4n) is 4.34. The second kappa shape index (κ2) is 10.7. The van der Waals surface area contributed by atoms with Crippen molar-refractivity contribution in [1.82, 2.24) is 24.2 Å². The first kappa shape index (κ1) is 25.1. The average Bonchev–Trinajstić information content (AvgIpc) is 3.26. The number of piperazine rings is 1. The van der Waals surface area contributed by atoms with Gasteiger partial charge in [-0.1, -0.05) is 0 Å². The van der Waals surface area contributed by atoms with Crippen molar-refractivity contribution >= 4 is 28.6 Å². The number of hydrogen-bond donors (Lipinski definition) is 2. The van der Waals surface area contributed by atoms with Crippen molar-refractivity contribution in [2.24, 2.45) is 7.05 Å². The lowest BCUT2D eigenvalue weighted by molar-refractivity contribution is 0.0938. The lowest BCUT2D eigenvalue weighted by Crippen LogP contribution is -2.50. The summed E-state index contributed by atoms with van der Waals surface area (Å²) in [5.41, 5.74) is 3.96. The van der Waals surface area contributed by atoms with Gasteiger partial charge in [0, 0.05) is 62.4 Å². The Labute approximate surface area is 206 Å². The van der Waals surface area contributed by atoms with Crippen LogP contribution < -0.4 is 5.32 Å². The van der Waals surface area contributed by atoms with Gasteiger partial charge < -0.3 is 10.7 Å². The number of nitrogens with zero attached hydrogens (tertiary/aromatic N) is 5. The quantitative estimate of drug-likeness (QED) is 0.459. The van der Waals surface area contributed by atoms with E-state index in [-0.39, 0.29) is 18.4 Å². The standard InChI is InChI=1S/C24H29F2N7OS/c1-16-10-22(29-20-6-4-19(26)5-7-20)18(12-27)11-21(16)23-15-33(9-8-32(23)14-17(2)25)35(34)24-13-28-31(3)30-24/h4-7,10-13,17,23,27,29H,8-9,14-15H2,1-3H3. The predicted octanol–water partition coefficient (Wildman–Crippen LogP) is 3.74. The summed E-state index contributed by atoms with van der Waals surface area (Å²) in [6, 6.07) is 9.66. The van der Waals surface area contributed by atoms with E-state index in [0.717, 1.165) is 11.1 Å². The first-order valence-corrected chi connectivity index (χ1v) is 12.4. The van der Waals surface area contributed by atoms with Crippen LogP contribution in [0.25, 0.3) is 0 Å². The van der Waals surface area contributed by atoms with Crippen molar-refractivity contribution in [3.05, 3.63) is 65.1 Å². The molecule has 1 aliphatic rings. The van der Waals surface area contributed by atoms with Crippen LogP contribution in [0.2, 0.25) is 0 Å². The Morgan fingerprint density at radius 3 is 2.66 bits per heavy atom. The van der Waals surface area contributed by atoms with Crippen LogP contribution in [-0.2, 0) is 18.0 Å². The minimum absolute atomic E-state index is 0.221. The van der Waals surface area contributed by atoms with E-state index in [1.165, 1.54) is 36.3 Å². The predicted molar refractivity (Wildman–Crippen MR) is 133 cm³/mol. The first-order chi connectivity index (χ1) is 16.7. The molecule has 0 saturated carbocycles. The molecule has 4 rings (SSSR count). The summed E-state index contributed by atoms with van der Waals surface area (Å²) in [5, 5.41) is 19.8. The van der Waals surface area contributed by atoms with Crippen molar-refractivity contribution in [3.8, 4) is 0 Å². The van der Waals surface area contributed by atoms with Crippen LogP contribution in [0.4, 0.5) is 20.2 Å². The van der Waals surface area contributed by atoms with Crippen molar-refractivity contribution in [1.29, 1.82) is 5.41 Å². The SMILES string of the molecule is Cc1cc(Nc2ccc(F)cc2)c(C=N)cc1C1CN(S(=O)c2cnn(C)n2)CCN1CC(C)F. The normalized spacial score (nSPS) is 18.8. The molecule has 0 bridgehead atoms. The average molecular weight is 502 g/mol. The summed E-state index contributed by atoms with van der Waals surface area (Å²) in [6.45, 7) is 5.22. The summed E-state index contributed by atoms with van der Waals surface area (Å²) in [7, 11) is 0.187. The van der Waals surface area contributed by atoms with Gasteiger partial charge in [-0.3, -0.25) is 4.90 Å². The molecular formula is C24H29F2N7OS. The van der Waals surface area contributed by atoms with Gasteiger partial charge in [0.05, 0.1) is 6.20 Å². The maximum absolute atomic E-state index is 14.1. The molecule has 0 aliphatic carbocycles. The molecule has 1 aromatic heterocycles. The van der Waals surface area contributed by atoms with Crippen LogP contribution in [-0.4, -0.2) is 67.0 Å². The highest BCUT2D eigenvalue weighted by molar-refractivity contribution is 7.82. The summed E-state index contributed by atoms with van der Waals surface area (Å²) in [5.74, 6) is -0.322. The number of aryl methyl sites for hydroxylation is 2. The Morgan fingerprint density at radius 2 is 2.03 bits per heavy atom. The molecule has 11 heteroatoms. The third-order valence-corrected chi connectivity index (χ3v) is 7.35. The Balaban J connectivity index is 1.65. The summed E-state index contributed by atoms with van der Waals surface area (Å²) >= 11 is 0. The van der Waals surface area contributed by atoms with Crippen molar-refractivity contribution in [3.63, 3.8) is 0 Å². The van der Waals surface area contributed by atoms with Crippen LogP contribution in [0.3, 0.4) is 0 Å². The minimum Gasteiger partial charge on any atom is -0.355 e. The van der Waals surface area contributed by atoms with E-state index in [1.807, 2.05) is 23.4 Å². The lowest BCUT2D eigenvalue weighted by Gasteiger charge is -2.41. The van der Waals surface area contributed by atoms with Gasteiger partial charge in [-0.05, 0) is 61.4 Å². The number of benzene rings is 2. The van der Waals surface area contributed by atoms with E-state index >= 15 is 0 Å². The molecule has 35 heavy (non-hydrogen) atoms. The minimum atomic E-state index is -1.49. The summed E-state index contributed by atoms with van der Waals surface area (Å²) in [4.78, 5) is 3.44. The van der Waals surface area contributed by atoms with Gasteiger partial charge in [-0.25, -0.2) is 17.3 Å². The Bertz CT molecular complexity index is 1220. The molecule has 3 aromatic rings. The van der Waals surface area contributed by atoms with E-state index in [2.05, 4.69) is 20.4 Å². The largest absolute Gasteiger partial charge is 0.355 e. The number of rotatable bonds is 8. The molecule has 3 atom stereocenters. The summed E-state index contributed by atoms with van der Waals surface area (Å²) < 4.78 is 42.4. The smallest absolute Gasteiger partial charge is 0.185 e. The number of hydrogen-bond acceptors (Lipinski definition) is 6. The van der Waals surface area contributed by atoms with Gasteiger partial charge in [-0.15, -0.1) is 5.10 Å². The maximum Gasteiger partial charge on any atom is 0.185 e. The zero-order chi connectivity index (χ0) is 25.1. The zero-order valence-corrected chi connectivity index (χ0v) is 20.7. The van der Waals surface area contributed by atoms with Gasteiger partial charge in [0.15, 0.2) is 5.03 Å². The zero-order valence-electron chi connectivity index (χ0n) is 19.9. The highest BCUT2D eigenvalue weighted by Crippen LogP contribution is 2.33. The maximum atomic E-state index is 14.1. The molecule has 0 spiro atoms. The number of nitrogens with one attached hydrogen (secondary N) is 2. The molecule has 8 nitrogen and oxygen atoms in total. The molecule has 2 N–H and O–H groups in total. The molecule has 0 radical (unpaired) electrons. The molecule has 3 unspecified atom stereocenters. The Morgan fingerprint density at radius 1 is 1.29 bits per heavy atom. The summed E-state index contributed by atoms with van der Waals surface area (Å²) in [6.07, 6.45) is 1.74. The highest BCUT2D eigenvalue weighted by Gasteiger charge is 2.34. The Hall–Kier alpha value is -3.02. The number of alkyl halides is 1. The van der Waals surface area contributed by atoms with Crippen LogP contribution in [0.15, 0.2) is 47.6 Å². The fourth-order valence-corrected chi connectivity index (χ4v) is 5.45. The highest BCUT2D eigenvalue weighted by atomic mass is 32.2. The molecule has 2 aromatic carbocycles. The third kappa shape index (κ3) is 5.80. The van der Waals surface area contributed by atoms with Crippen LogP contribution in [0.1, 0.15) is 29.7 Å². The van der Waals surface area contributed by atoms with Gasteiger partial charge in [0.2, 0.25) is 0 Å². The van der Waals surface area contributed by atoms with Gasteiger partial charge in [0.1, 0.15) is 23.0 Å². The Kier molecular flexibility index (Phi) is 7.68. The molecule has 1 fully saturated rings. The molecule has 1 saturated heterocycles. The number of aromatic nitrogens is 3. The fraction of sp³-hybridized carbons (Fsp3) is 0.375. The number of anilines is 2. The second-order valence-electron chi connectivity index (χ2n) is 8.67. The van der Waals surface area contributed by atoms with Gasteiger partial charge >= 0.3 is 0 Å². The lowest BCUT2D eigenvalue weighted by atomic mass is 9.94. The van der Waals surface area contributed by atoms with Gasteiger partial charge in [-0.2, -0.15) is 9.90 Å². The molecule has 0 amide bonds. The monoisotopic (exact) mass is 501 g/mol. The van der Waals surface area contributed by atoms with E-state index < -0.39 is 17.2 Å². The molecule has 2 heterocycles. The van der Waals surface area contributed by atoms with E-state index in [0.29, 0.717) is 41.6 Å². The van der Waals surface area contributed by atoms with Crippen LogP contribution in [0.5, 0.6) is 0 Å². The van der Waals surface area contributed by atoms with E-state index in [9.17, 15) is 13.0 Å². The van der Waals surface area contributed by atoms with Crippen molar-refractivity contribution in [2.45, 2.75) is 31.1 Å². The number of halogens is 2. The van der Waals surface area contributed by atoms with E-state index in [1.54, 1.807) is 19.2 Å². The first-order valence-electron chi connectivity index (χ1n) is 11.3. The van der Waals surface area contributed by atoms with Crippen molar-refractivity contribution < 1.29 is 13.0 Å². The molecule has 1 aliphatic heterocycles. The topological polar surface area (TPSA) is 90.1 Å². The molecule has 186 valence electrons. The molecular weight excluding hydrogens is 472 g/mol. The second-order valence-corrected chi connectivity index (χ2v) is 10.1. The van der Waals surface area contributed by atoms with Crippen molar-refractivity contribution in [2.75, 3.05) is 31.5 Å². The van der Waals surface area contributed by atoms with Crippen LogP contribution in [0, 0.1) is 18.2 Å². The van der Waals surface area contributed by atoms with E-state index in [4.69, 9.17) is 5.41 Å². The third-order valence-electron chi connectivity index (χ3n) is 6.01. The van der Waals surface area contributed by atoms with Crippen LogP contribution >= 0.6 is 0 Å².